The van der Waals surface area contributed by atoms with Gasteiger partial charge in [0.1, 0.15) is 0 Å². The Morgan fingerprint density at radius 1 is 1.21 bits per heavy atom. The van der Waals surface area contributed by atoms with E-state index in [1.807, 2.05) is 12.1 Å². The van der Waals surface area contributed by atoms with Crippen molar-refractivity contribution in [3.05, 3.63) is 34.9 Å². The third kappa shape index (κ3) is 7.10. The summed E-state index contributed by atoms with van der Waals surface area (Å²) in [5, 5.41) is 7.55. The Bertz CT molecular complexity index is 493. The lowest BCUT2D eigenvalue weighted by atomic mass is 9.94. The fourth-order valence-electron chi connectivity index (χ4n) is 3.03. The Morgan fingerprint density at radius 2 is 1.92 bits per heavy atom. The van der Waals surface area contributed by atoms with Crippen LogP contribution in [-0.4, -0.2) is 50.6 Å². The summed E-state index contributed by atoms with van der Waals surface area (Å²) in [6, 6.07) is 8.04. The maximum Gasteiger partial charge on any atom is 0.191 e. The Kier molecular flexibility index (Phi) is 8.40. The van der Waals surface area contributed by atoms with E-state index in [1.165, 1.54) is 37.9 Å². The maximum atomic E-state index is 5.92. The lowest BCUT2D eigenvalue weighted by Gasteiger charge is -2.28. The molecular formula is C19H31ClN4. The topological polar surface area (TPSA) is 39.7 Å². The number of hydrogen-bond acceptors (Lipinski definition) is 2. The molecule has 1 aliphatic rings. The Labute approximate surface area is 151 Å². The number of rotatable bonds is 7. The molecule has 134 valence electrons. The Hall–Kier alpha value is -1.26. The van der Waals surface area contributed by atoms with Crippen molar-refractivity contribution in [1.82, 2.24) is 15.5 Å². The summed E-state index contributed by atoms with van der Waals surface area (Å²) < 4.78 is 0. The number of guanidine groups is 1. The second-order valence-corrected chi connectivity index (χ2v) is 7.04. The summed E-state index contributed by atoms with van der Waals surface area (Å²) in [7, 11) is 2.21. The highest BCUT2D eigenvalue weighted by Gasteiger charge is 2.15. The van der Waals surface area contributed by atoms with Crippen molar-refractivity contribution in [3.8, 4) is 0 Å². The van der Waals surface area contributed by atoms with Crippen molar-refractivity contribution >= 4 is 17.6 Å². The SMILES string of the molecule is CCNC(=NCCC1CCN(C)CC1)NCCc1ccc(Cl)cc1. The van der Waals surface area contributed by atoms with Crippen LogP contribution in [0.4, 0.5) is 0 Å². The van der Waals surface area contributed by atoms with Crippen LogP contribution in [0.1, 0.15) is 31.7 Å². The number of benzene rings is 1. The molecule has 2 rings (SSSR count). The highest BCUT2D eigenvalue weighted by molar-refractivity contribution is 6.30. The summed E-state index contributed by atoms with van der Waals surface area (Å²) in [5.74, 6) is 1.77. The first-order valence-corrected chi connectivity index (χ1v) is 9.50. The first-order valence-electron chi connectivity index (χ1n) is 9.12. The van der Waals surface area contributed by atoms with Gasteiger partial charge in [-0.1, -0.05) is 23.7 Å². The van der Waals surface area contributed by atoms with Crippen LogP contribution in [-0.2, 0) is 6.42 Å². The molecule has 24 heavy (non-hydrogen) atoms. The monoisotopic (exact) mass is 350 g/mol. The standard InChI is InChI=1S/C19H31ClN4/c1-3-21-19(22-12-8-16-4-6-18(20)7-5-16)23-13-9-17-10-14-24(2)15-11-17/h4-7,17H,3,8-15H2,1-2H3,(H2,21,22,23). The molecule has 1 aliphatic heterocycles. The van der Waals surface area contributed by atoms with Crippen LogP contribution in [0.25, 0.3) is 0 Å². The van der Waals surface area contributed by atoms with Crippen molar-refractivity contribution in [2.45, 2.75) is 32.6 Å². The van der Waals surface area contributed by atoms with Gasteiger partial charge in [0.25, 0.3) is 0 Å². The fourth-order valence-corrected chi connectivity index (χ4v) is 3.15. The summed E-state index contributed by atoms with van der Waals surface area (Å²) in [6.07, 6.45) is 4.79. The third-order valence-electron chi connectivity index (χ3n) is 4.61. The van der Waals surface area contributed by atoms with Crippen molar-refractivity contribution < 1.29 is 0 Å². The number of piperidine rings is 1. The van der Waals surface area contributed by atoms with E-state index in [-0.39, 0.29) is 0 Å². The van der Waals surface area contributed by atoms with E-state index in [2.05, 4.69) is 41.6 Å². The van der Waals surface area contributed by atoms with Crippen LogP contribution in [0.15, 0.2) is 29.3 Å². The molecule has 0 atom stereocenters. The number of halogens is 1. The first-order chi connectivity index (χ1) is 11.7. The van der Waals surface area contributed by atoms with Gasteiger partial charge >= 0.3 is 0 Å². The minimum atomic E-state index is 0.788. The van der Waals surface area contributed by atoms with Gasteiger partial charge < -0.3 is 15.5 Å². The smallest absolute Gasteiger partial charge is 0.191 e. The van der Waals surface area contributed by atoms with E-state index in [1.54, 1.807) is 0 Å². The van der Waals surface area contributed by atoms with Gasteiger partial charge in [-0.15, -0.1) is 0 Å². The minimum Gasteiger partial charge on any atom is -0.357 e. The second kappa shape index (κ2) is 10.6. The maximum absolute atomic E-state index is 5.92. The normalized spacial score (nSPS) is 17.0. The molecule has 0 aliphatic carbocycles. The highest BCUT2D eigenvalue weighted by atomic mass is 35.5. The van der Waals surface area contributed by atoms with E-state index in [9.17, 15) is 0 Å². The molecule has 0 spiro atoms. The highest BCUT2D eigenvalue weighted by Crippen LogP contribution is 2.19. The molecule has 1 fully saturated rings. The van der Waals surface area contributed by atoms with E-state index in [4.69, 9.17) is 16.6 Å². The lowest BCUT2D eigenvalue weighted by molar-refractivity contribution is 0.214. The van der Waals surface area contributed by atoms with E-state index in [0.717, 1.165) is 43.0 Å². The Morgan fingerprint density at radius 3 is 2.58 bits per heavy atom. The first kappa shape index (κ1) is 19.1. The van der Waals surface area contributed by atoms with Crippen LogP contribution in [0.2, 0.25) is 5.02 Å². The van der Waals surface area contributed by atoms with Crippen LogP contribution in [0.5, 0.6) is 0 Å². The molecule has 1 saturated heterocycles. The summed E-state index contributed by atoms with van der Waals surface area (Å²) in [4.78, 5) is 7.15. The average Bonchev–Trinajstić information content (AvgIpc) is 2.58. The number of likely N-dealkylation sites (tertiary alicyclic amines) is 1. The van der Waals surface area contributed by atoms with E-state index in [0.29, 0.717) is 0 Å². The van der Waals surface area contributed by atoms with Crippen LogP contribution in [0.3, 0.4) is 0 Å². The zero-order valence-electron chi connectivity index (χ0n) is 15.0. The van der Waals surface area contributed by atoms with Crippen LogP contribution >= 0.6 is 11.6 Å². The summed E-state index contributed by atoms with van der Waals surface area (Å²) in [6.45, 7) is 7.24. The van der Waals surface area contributed by atoms with Gasteiger partial charge in [0.2, 0.25) is 0 Å². The van der Waals surface area contributed by atoms with Gasteiger partial charge in [0, 0.05) is 24.7 Å². The predicted molar refractivity (Wildman–Crippen MR) is 104 cm³/mol. The molecule has 1 aromatic carbocycles. The van der Waals surface area contributed by atoms with Crippen molar-refractivity contribution in [2.75, 3.05) is 39.8 Å². The van der Waals surface area contributed by atoms with E-state index >= 15 is 0 Å². The quantitative estimate of drug-likeness (QED) is 0.586. The number of hydrogen-bond donors (Lipinski definition) is 2. The zero-order valence-corrected chi connectivity index (χ0v) is 15.8. The molecule has 0 aromatic heterocycles. The minimum absolute atomic E-state index is 0.788. The molecule has 4 nitrogen and oxygen atoms in total. The van der Waals surface area contributed by atoms with Crippen molar-refractivity contribution in [1.29, 1.82) is 0 Å². The average molecular weight is 351 g/mol. The molecule has 1 heterocycles. The predicted octanol–water partition coefficient (Wildman–Crippen LogP) is 3.17. The molecule has 0 bridgehead atoms. The molecular weight excluding hydrogens is 320 g/mol. The number of aliphatic imine (C=N–C) groups is 1. The molecule has 0 radical (unpaired) electrons. The fraction of sp³-hybridized carbons (Fsp3) is 0.632. The molecule has 5 heteroatoms. The van der Waals surface area contributed by atoms with Crippen LogP contribution < -0.4 is 10.6 Å². The second-order valence-electron chi connectivity index (χ2n) is 6.60. The largest absolute Gasteiger partial charge is 0.357 e. The van der Waals surface area contributed by atoms with Gasteiger partial charge in [0.15, 0.2) is 5.96 Å². The van der Waals surface area contributed by atoms with Gasteiger partial charge in [-0.05, 0) is 76.4 Å². The molecule has 1 aromatic rings. The van der Waals surface area contributed by atoms with Crippen molar-refractivity contribution in [3.63, 3.8) is 0 Å². The van der Waals surface area contributed by atoms with Gasteiger partial charge in [0.05, 0.1) is 0 Å². The van der Waals surface area contributed by atoms with Crippen LogP contribution in [0, 0.1) is 5.92 Å². The van der Waals surface area contributed by atoms with E-state index < -0.39 is 0 Å². The third-order valence-corrected chi connectivity index (χ3v) is 4.86. The van der Waals surface area contributed by atoms with Gasteiger partial charge in [-0.2, -0.15) is 0 Å². The number of nitrogens with one attached hydrogen (secondary N) is 2. The summed E-state index contributed by atoms with van der Waals surface area (Å²) >= 11 is 5.92. The summed E-state index contributed by atoms with van der Waals surface area (Å²) in [5.41, 5.74) is 1.29. The van der Waals surface area contributed by atoms with Crippen molar-refractivity contribution in [2.24, 2.45) is 10.9 Å². The van der Waals surface area contributed by atoms with Gasteiger partial charge in [-0.3, -0.25) is 4.99 Å². The molecule has 0 unspecified atom stereocenters. The molecule has 0 saturated carbocycles. The molecule has 0 amide bonds. The number of nitrogens with zero attached hydrogens (tertiary/aromatic N) is 2. The Balaban J connectivity index is 1.70. The molecule has 2 N–H and O–H groups in total. The van der Waals surface area contributed by atoms with Gasteiger partial charge in [-0.25, -0.2) is 0 Å². The lowest BCUT2D eigenvalue weighted by Crippen LogP contribution is -2.38. The zero-order chi connectivity index (χ0) is 17.2.